The molecule has 0 aromatic rings. The molecule has 0 rings (SSSR count). The number of nitrogens with one attached hydrogen (secondary N) is 7. The van der Waals surface area contributed by atoms with Gasteiger partial charge in [-0.1, -0.05) is 34.1 Å². The molecule has 0 radical (unpaired) electrons. The average molecular weight is 846 g/mol. The van der Waals surface area contributed by atoms with Crippen molar-refractivity contribution in [3.8, 4) is 0 Å². The predicted molar refractivity (Wildman–Crippen MR) is 210 cm³/mol. The Bertz CT molecular complexity index is 1490. The Hall–Kier alpha value is -5.62. The summed E-state index contributed by atoms with van der Waals surface area (Å²) in [5.41, 5.74) is 16.4. The largest absolute Gasteiger partial charge is 0.481 e. The lowest BCUT2D eigenvalue weighted by Crippen LogP contribution is -2.61. The molecule has 7 amide bonds. The Kier molecular flexibility index (Phi) is 24.6. The van der Waals surface area contributed by atoms with Crippen LogP contribution in [0.5, 0.6) is 0 Å². The topological polar surface area (TPSA) is 409 Å². The van der Waals surface area contributed by atoms with Gasteiger partial charge in [-0.3, -0.25) is 43.3 Å². The number of rotatable bonds is 28. The van der Waals surface area contributed by atoms with Crippen LogP contribution in [0, 0.1) is 11.8 Å². The predicted octanol–water partition coefficient (Wildman–Crippen LogP) is -5.17. The fourth-order valence-electron chi connectivity index (χ4n) is 5.15. The lowest BCUT2D eigenvalue weighted by molar-refractivity contribution is -0.143. The van der Waals surface area contributed by atoms with Crippen molar-refractivity contribution in [1.29, 1.82) is 0 Å². The highest BCUT2D eigenvalue weighted by atomic mass is 16.4. The maximum atomic E-state index is 13.3. The number of aliphatic hydroxyl groups excluding tert-OH is 2. The van der Waals surface area contributed by atoms with Crippen molar-refractivity contribution in [1.82, 2.24) is 37.2 Å². The van der Waals surface area contributed by atoms with Crippen LogP contribution in [-0.2, 0) is 43.2 Å². The summed E-state index contributed by atoms with van der Waals surface area (Å²) in [5.74, 6) is -9.83. The van der Waals surface area contributed by atoms with Crippen molar-refractivity contribution < 1.29 is 63.6 Å². The van der Waals surface area contributed by atoms with E-state index in [1.54, 1.807) is 20.8 Å². The lowest BCUT2D eigenvalue weighted by Gasteiger charge is -2.27. The summed E-state index contributed by atoms with van der Waals surface area (Å²) >= 11 is 0. The highest BCUT2D eigenvalue weighted by molar-refractivity contribution is 5.96. The highest BCUT2D eigenvalue weighted by Crippen LogP contribution is 2.08. The summed E-state index contributed by atoms with van der Waals surface area (Å²) in [4.78, 5) is 117. The monoisotopic (exact) mass is 845 g/mol. The molecule has 0 fully saturated rings. The molecule has 0 aliphatic rings. The highest BCUT2D eigenvalue weighted by Gasteiger charge is 2.34. The van der Waals surface area contributed by atoms with Crippen LogP contribution >= 0.6 is 0 Å². The molecule has 24 nitrogen and oxygen atoms in total. The first kappa shape index (κ1) is 53.4. The molecule has 0 heterocycles. The molecule has 24 heteroatoms. The number of carbonyl (C=O) groups is 9. The number of hydrogen-bond donors (Lipinski definition) is 14. The molecule has 0 saturated heterocycles. The Morgan fingerprint density at radius 2 is 1.14 bits per heavy atom. The Balaban J connectivity index is 5.71. The molecular formula is C35H63N11O13. The van der Waals surface area contributed by atoms with E-state index < -0.39 is 121 Å². The van der Waals surface area contributed by atoms with Gasteiger partial charge in [0.05, 0.1) is 31.3 Å². The zero-order chi connectivity index (χ0) is 45.6. The fraction of sp³-hybridized carbons (Fsp3) is 0.714. The summed E-state index contributed by atoms with van der Waals surface area (Å²) in [6, 6.07) is -8.60. The van der Waals surface area contributed by atoms with Crippen molar-refractivity contribution >= 4 is 59.2 Å². The van der Waals surface area contributed by atoms with Gasteiger partial charge in [0.1, 0.15) is 30.2 Å². The van der Waals surface area contributed by atoms with Crippen LogP contribution < -0.4 is 54.4 Å². The molecule has 9 atom stereocenters. The summed E-state index contributed by atoms with van der Waals surface area (Å²) in [6.45, 7) is 7.98. The van der Waals surface area contributed by atoms with E-state index in [2.05, 4.69) is 42.2 Å². The van der Waals surface area contributed by atoms with Crippen LogP contribution in [0.15, 0.2) is 4.99 Å². The molecule has 0 aromatic carbocycles. The third kappa shape index (κ3) is 21.6. The molecule has 0 aliphatic heterocycles. The number of aliphatic carboxylic acids is 2. The standard InChI is InChI=1S/C35H63N11O13/c1-7-17(4)26(36)31(55)41-14-23(49)42-20(10-11-25(51)52)30(54)44-22(13-16(2)3)29(53)40-15-24(50)45-27(18(5)47)33(57)46-28(19(6)48)32(56)43-21(34(58)59)9-8-12-39-35(37)38/h16-22,26-28,47-48H,7-15,36H2,1-6H3,(H,40,53)(H,41,55)(H,42,49)(H,43,56)(H,44,54)(H,45,50)(H,46,57)(H,51,52)(H,58,59)(H4,37,38,39)/t17-,18+,19+,20-,21-,22-,26-,27-,28-/m0/s1. The van der Waals surface area contributed by atoms with Crippen LogP contribution in [-0.4, -0.2) is 148 Å². The minimum atomic E-state index is -1.75. The minimum Gasteiger partial charge on any atom is -0.481 e. The second-order valence-electron chi connectivity index (χ2n) is 14.5. The molecule has 0 aliphatic carbocycles. The molecule has 0 saturated carbocycles. The van der Waals surface area contributed by atoms with Crippen LogP contribution in [0.4, 0.5) is 0 Å². The van der Waals surface area contributed by atoms with Gasteiger partial charge in [-0.15, -0.1) is 0 Å². The normalized spacial score (nSPS) is 15.6. The summed E-state index contributed by atoms with van der Waals surface area (Å²) in [7, 11) is 0. The summed E-state index contributed by atoms with van der Waals surface area (Å²) in [6.07, 6.45) is -3.44. The smallest absolute Gasteiger partial charge is 0.326 e. The molecule has 0 aromatic heterocycles. The fourth-order valence-corrected chi connectivity index (χ4v) is 5.15. The summed E-state index contributed by atoms with van der Waals surface area (Å²) in [5, 5.41) is 55.3. The molecule has 0 spiro atoms. The van der Waals surface area contributed by atoms with E-state index in [4.69, 9.17) is 17.2 Å². The van der Waals surface area contributed by atoms with Gasteiger partial charge in [0.25, 0.3) is 0 Å². The van der Waals surface area contributed by atoms with E-state index in [1.807, 2.05) is 6.92 Å². The molecule has 0 bridgehead atoms. The van der Waals surface area contributed by atoms with E-state index in [0.29, 0.717) is 6.42 Å². The number of carboxylic acid groups (broad SMARTS) is 2. The van der Waals surface area contributed by atoms with E-state index >= 15 is 0 Å². The van der Waals surface area contributed by atoms with Gasteiger partial charge in [0, 0.05) is 13.0 Å². The maximum Gasteiger partial charge on any atom is 0.326 e. The van der Waals surface area contributed by atoms with Crippen LogP contribution in [0.25, 0.3) is 0 Å². The molecule has 59 heavy (non-hydrogen) atoms. The Morgan fingerprint density at radius 3 is 1.63 bits per heavy atom. The van der Waals surface area contributed by atoms with Gasteiger partial charge >= 0.3 is 11.9 Å². The van der Waals surface area contributed by atoms with Crippen molar-refractivity contribution in [2.75, 3.05) is 19.6 Å². The number of carbonyl (C=O) groups excluding carboxylic acids is 7. The van der Waals surface area contributed by atoms with Crippen molar-refractivity contribution in [3.63, 3.8) is 0 Å². The van der Waals surface area contributed by atoms with Crippen LogP contribution in [0.1, 0.15) is 80.1 Å². The molecule has 336 valence electrons. The van der Waals surface area contributed by atoms with E-state index in [1.165, 1.54) is 0 Å². The van der Waals surface area contributed by atoms with Gasteiger partial charge in [0.15, 0.2) is 5.96 Å². The maximum absolute atomic E-state index is 13.3. The van der Waals surface area contributed by atoms with Gasteiger partial charge in [0.2, 0.25) is 41.4 Å². The lowest BCUT2D eigenvalue weighted by atomic mass is 9.99. The first-order chi connectivity index (χ1) is 27.4. The number of hydrogen-bond acceptors (Lipinski definition) is 13. The minimum absolute atomic E-state index is 0.0167. The molecule has 0 unspecified atom stereocenters. The first-order valence-corrected chi connectivity index (χ1v) is 19.1. The van der Waals surface area contributed by atoms with Gasteiger partial charge in [-0.05, 0) is 51.4 Å². The van der Waals surface area contributed by atoms with Crippen molar-refractivity contribution in [3.05, 3.63) is 0 Å². The first-order valence-electron chi connectivity index (χ1n) is 19.1. The van der Waals surface area contributed by atoms with Gasteiger partial charge in [-0.25, -0.2) is 4.79 Å². The van der Waals surface area contributed by atoms with Crippen LogP contribution in [0.3, 0.4) is 0 Å². The van der Waals surface area contributed by atoms with Crippen molar-refractivity contribution in [2.24, 2.45) is 34.0 Å². The number of carboxylic acids is 2. The van der Waals surface area contributed by atoms with Gasteiger partial charge < -0.3 is 74.8 Å². The SMILES string of the molecule is CC[C@H](C)[C@H](N)C(=O)NCC(=O)N[C@@H](CCC(=O)O)C(=O)N[C@@H](CC(C)C)C(=O)NCC(=O)N[C@H](C(=O)N[C@H](C(=O)N[C@@H](CCCN=C(N)N)C(=O)O)[C@@H](C)O)[C@@H](C)O. The Morgan fingerprint density at radius 1 is 0.627 bits per heavy atom. The summed E-state index contributed by atoms with van der Waals surface area (Å²) < 4.78 is 0. The number of guanidine groups is 1. The third-order valence-corrected chi connectivity index (χ3v) is 8.75. The quantitative estimate of drug-likeness (QED) is 0.0199. The van der Waals surface area contributed by atoms with E-state index in [0.717, 1.165) is 13.8 Å². The van der Waals surface area contributed by atoms with Gasteiger partial charge in [-0.2, -0.15) is 0 Å². The van der Waals surface area contributed by atoms with E-state index in [-0.39, 0.29) is 50.0 Å². The number of aliphatic imine (C=N–C) groups is 1. The number of amides is 7. The molecular weight excluding hydrogens is 782 g/mol. The zero-order valence-corrected chi connectivity index (χ0v) is 34.3. The van der Waals surface area contributed by atoms with Crippen molar-refractivity contribution in [2.45, 2.75) is 129 Å². The second-order valence-corrected chi connectivity index (χ2v) is 14.5. The second kappa shape index (κ2) is 27.1. The van der Waals surface area contributed by atoms with E-state index in [9.17, 15) is 63.6 Å². The Labute approximate surface area is 342 Å². The number of nitrogens with two attached hydrogens (primary N) is 3. The molecule has 17 N–H and O–H groups in total. The third-order valence-electron chi connectivity index (χ3n) is 8.75. The zero-order valence-electron chi connectivity index (χ0n) is 34.3. The average Bonchev–Trinajstić information content (AvgIpc) is 3.14. The number of nitrogens with zero attached hydrogens (tertiary/aromatic N) is 1. The number of aliphatic hydroxyl groups is 2. The van der Waals surface area contributed by atoms with Crippen LogP contribution in [0.2, 0.25) is 0 Å².